The third-order valence-electron chi connectivity index (χ3n) is 4.22. The molecule has 1 nitrogen and oxygen atoms in total. The van der Waals surface area contributed by atoms with E-state index in [0.29, 0.717) is 0 Å². The number of rotatable bonds is 13. The summed E-state index contributed by atoms with van der Waals surface area (Å²) in [5, 5.41) is 11.2. The third-order valence-corrected chi connectivity index (χ3v) is 4.22. The first kappa shape index (κ1) is 18.1. The van der Waals surface area contributed by atoms with E-state index in [1.165, 1.54) is 82.6 Å². The molecule has 1 radical (unpaired) electrons. The van der Waals surface area contributed by atoms with Gasteiger partial charge in [0.05, 0.1) is 0 Å². The van der Waals surface area contributed by atoms with Crippen LogP contribution in [-0.2, 0) is 11.5 Å². The van der Waals surface area contributed by atoms with Crippen molar-refractivity contribution in [2.24, 2.45) is 0 Å². The van der Waals surface area contributed by atoms with Gasteiger partial charge in [0.2, 0.25) is 0 Å². The van der Waals surface area contributed by atoms with Gasteiger partial charge < -0.3 is 0 Å². The molecule has 0 saturated carbocycles. The lowest BCUT2D eigenvalue weighted by atomic mass is 10.0. The van der Waals surface area contributed by atoms with E-state index in [1.807, 2.05) is 6.07 Å². The van der Waals surface area contributed by atoms with Crippen LogP contribution < -0.4 is 0 Å². The zero-order valence-corrected chi connectivity index (χ0v) is 13.9. The van der Waals surface area contributed by atoms with E-state index in [2.05, 4.69) is 13.0 Å². The highest BCUT2D eigenvalue weighted by Gasteiger charge is 1.97. The van der Waals surface area contributed by atoms with Gasteiger partial charge in [-0.2, -0.15) is 0 Å². The highest BCUT2D eigenvalue weighted by atomic mass is 16.3. The Hall–Kier alpha value is -0.980. The van der Waals surface area contributed by atoms with Crippen molar-refractivity contribution in [2.75, 3.05) is 0 Å². The predicted octanol–water partition coefficient (Wildman–Crippen LogP) is 7.07. The maximum atomic E-state index is 11.2. The Kier molecular flexibility index (Phi) is 11.0. The van der Waals surface area contributed by atoms with Crippen LogP contribution in [0, 0.1) is 0 Å². The molecule has 0 fully saturated rings. The van der Waals surface area contributed by atoms with Gasteiger partial charge in [-0.3, -0.25) is 5.11 Å². The number of benzene rings is 1. The molecule has 0 saturated heterocycles. The summed E-state index contributed by atoms with van der Waals surface area (Å²) in [4.78, 5) is 0. The molecule has 0 N–H and O–H groups in total. The molecular formula is C20H33O. The lowest BCUT2D eigenvalue weighted by molar-refractivity contribution is 0.354. The Morgan fingerprint density at radius 1 is 0.714 bits per heavy atom. The summed E-state index contributed by atoms with van der Waals surface area (Å²) >= 11 is 0. The summed E-state index contributed by atoms with van der Waals surface area (Å²) < 4.78 is 0. The molecule has 0 amide bonds. The second-order valence-electron chi connectivity index (χ2n) is 6.29. The first-order valence-electron chi connectivity index (χ1n) is 9.09. The van der Waals surface area contributed by atoms with Crippen LogP contribution in [0.2, 0.25) is 0 Å². The van der Waals surface area contributed by atoms with E-state index in [9.17, 15) is 5.11 Å². The van der Waals surface area contributed by atoms with Crippen LogP contribution in [-0.4, -0.2) is 0 Å². The monoisotopic (exact) mass is 289 g/mol. The van der Waals surface area contributed by atoms with Crippen molar-refractivity contribution in [2.45, 2.75) is 90.4 Å². The molecule has 0 aliphatic carbocycles. The smallest absolute Gasteiger partial charge is 0.178 e. The van der Waals surface area contributed by atoms with Gasteiger partial charge in [-0.1, -0.05) is 89.7 Å². The van der Waals surface area contributed by atoms with E-state index in [4.69, 9.17) is 0 Å². The van der Waals surface area contributed by atoms with Crippen molar-refractivity contribution >= 4 is 0 Å². The van der Waals surface area contributed by atoms with Crippen LogP contribution in [0.5, 0.6) is 5.75 Å². The van der Waals surface area contributed by atoms with Crippen molar-refractivity contribution < 1.29 is 5.11 Å². The number of hydrogen-bond donors (Lipinski definition) is 0. The van der Waals surface area contributed by atoms with Crippen molar-refractivity contribution in [3.63, 3.8) is 0 Å². The predicted molar refractivity (Wildman–Crippen MR) is 91.4 cm³/mol. The maximum Gasteiger partial charge on any atom is 0.178 e. The molecule has 0 spiro atoms. The van der Waals surface area contributed by atoms with E-state index in [1.54, 1.807) is 12.1 Å². The topological polar surface area (TPSA) is 19.9 Å². The van der Waals surface area contributed by atoms with Crippen molar-refractivity contribution in [3.05, 3.63) is 29.8 Å². The number of hydrogen-bond acceptors (Lipinski definition) is 0. The highest BCUT2D eigenvalue weighted by Crippen LogP contribution is 2.16. The molecule has 0 heterocycles. The van der Waals surface area contributed by atoms with Gasteiger partial charge in [-0.05, 0) is 30.5 Å². The lowest BCUT2D eigenvalue weighted by Crippen LogP contribution is -1.86. The van der Waals surface area contributed by atoms with Gasteiger partial charge in [-0.25, -0.2) is 0 Å². The molecule has 0 aromatic heterocycles. The van der Waals surface area contributed by atoms with E-state index < -0.39 is 0 Å². The minimum absolute atomic E-state index is 0.145. The van der Waals surface area contributed by atoms with E-state index in [0.717, 1.165) is 6.42 Å². The fourth-order valence-electron chi connectivity index (χ4n) is 2.87. The number of unbranched alkanes of at least 4 members (excludes halogenated alkanes) is 11. The Labute approximate surface area is 131 Å². The largest absolute Gasteiger partial charge is 0.290 e. The molecule has 1 aromatic carbocycles. The Balaban J connectivity index is 1.82. The SMILES string of the molecule is CCCCCCCCCCCCCCc1cccc([O])c1. The molecular weight excluding hydrogens is 256 g/mol. The minimum Gasteiger partial charge on any atom is -0.290 e. The van der Waals surface area contributed by atoms with E-state index in [-0.39, 0.29) is 5.75 Å². The normalized spacial score (nSPS) is 10.9. The summed E-state index contributed by atoms with van der Waals surface area (Å²) in [6.45, 7) is 2.28. The zero-order valence-electron chi connectivity index (χ0n) is 13.9. The van der Waals surface area contributed by atoms with Crippen LogP contribution in [0.15, 0.2) is 24.3 Å². The average Bonchev–Trinajstić information content (AvgIpc) is 2.48. The van der Waals surface area contributed by atoms with Gasteiger partial charge in [-0.15, -0.1) is 0 Å². The van der Waals surface area contributed by atoms with Crippen molar-refractivity contribution in [1.29, 1.82) is 0 Å². The molecule has 1 aromatic rings. The van der Waals surface area contributed by atoms with Gasteiger partial charge in [0.15, 0.2) is 5.75 Å². The second kappa shape index (κ2) is 12.7. The Morgan fingerprint density at radius 3 is 1.76 bits per heavy atom. The van der Waals surface area contributed by atoms with Gasteiger partial charge in [0.1, 0.15) is 0 Å². The van der Waals surface area contributed by atoms with Gasteiger partial charge >= 0.3 is 0 Å². The Bertz CT molecular complexity index is 345. The quantitative estimate of drug-likeness (QED) is 0.346. The molecule has 1 heteroatoms. The summed E-state index contributed by atoms with van der Waals surface area (Å²) in [5.41, 5.74) is 1.20. The highest BCUT2D eigenvalue weighted by molar-refractivity contribution is 5.26. The molecule has 119 valence electrons. The van der Waals surface area contributed by atoms with Crippen LogP contribution in [0.1, 0.15) is 89.5 Å². The standard InChI is InChI=1S/C20H33O/c1-2-3-4-5-6-7-8-9-10-11-12-13-15-19-16-14-17-20(21)18-19/h14,16-18H,2-13,15H2,1H3. The van der Waals surface area contributed by atoms with Crippen LogP contribution in [0.3, 0.4) is 0 Å². The maximum absolute atomic E-state index is 11.2. The molecule has 0 atom stereocenters. The van der Waals surface area contributed by atoms with Crippen molar-refractivity contribution in [1.82, 2.24) is 0 Å². The first-order chi connectivity index (χ1) is 10.3. The second-order valence-corrected chi connectivity index (χ2v) is 6.29. The number of aryl methyl sites for hydroxylation is 1. The van der Waals surface area contributed by atoms with Crippen LogP contribution in [0.4, 0.5) is 0 Å². The summed E-state index contributed by atoms with van der Waals surface area (Å²) in [5.74, 6) is 0.145. The Morgan fingerprint density at radius 2 is 1.24 bits per heavy atom. The average molecular weight is 289 g/mol. The zero-order chi connectivity index (χ0) is 15.2. The van der Waals surface area contributed by atoms with Crippen LogP contribution >= 0.6 is 0 Å². The third kappa shape index (κ3) is 10.4. The first-order valence-corrected chi connectivity index (χ1v) is 9.09. The molecule has 21 heavy (non-hydrogen) atoms. The summed E-state index contributed by atoms with van der Waals surface area (Å²) in [6, 6.07) is 7.35. The fraction of sp³-hybridized carbons (Fsp3) is 0.700. The minimum atomic E-state index is 0.145. The van der Waals surface area contributed by atoms with Crippen LogP contribution in [0.25, 0.3) is 0 Å². The van der Waals surface area contributed by atoms with Crippen molar-refractivity contribution in [3.8, 4) is 5.75 Å². The molecule has 0 aliphatic heterocycles. The molecule has 0 bridgehead atoms. The van der Waals surface area contributed by atoms with Gasteiger partial charge in [0, 0.05) is 0 Å². The fourth-order valence-corrected chi connectivity index (χ4v) is 2.87. The molecule has 0 unspecified atom stereocenters. The lowest BCUT2D eigenvalue weighted by Gasteiger charge is -2.03. The summed E-state index contributed by atoms with van der Waals surface area (Å²) in [7, 11) is 0. The molecule has 1 rings (SSSR count). The summed E-state index contributed by atoms with van der Waals surface area (Å²) in [6.07, 6.45) is 17.7. The molecule has 0 aliphatic rings. The van der Waals surface area contributed by atoms with E-state index >= 15 is 0 Å². The van der Waals surface area contributed by atoms with Gasteiger partial charge in [0.25, 0.3) is 0 Å².